The van der Waals surface area contributed by atoms with Gasteiger partial charge in [0.25, 0.3) is 5.56 Å². The number of carbonyl (C=O) groups excluding carboxylic acids is 1. The molecule has 196 valence electrons. The number of alkyl halides is 2. The molecule has 0 amide bonds. The van der Waals surface area contributed by atoms with Crippen LogP contribution in [-0.4, -0.2) is 35.1 Å². The Balaban J connectivity index is 2.04. The number of ketones is 1. The fraction of sp³-hybridized carbons (Fsp3) is 0.296. The maximum atomic E-state index is 13.4. The van der Waals surface area contributed by atoms with Crippen molar-refractivity contribution >= 4 is 23.4 Å². The number of ether oxygens (including phenoxy) is 2. The number of nitrogens with zero attached hydrogens (tertiary/aromatic N) is 1. The number of rotatable bonds is 11. The van der Waals surface area contributed by atoms with Crippen molar-refractivity contribution in [3.8, 4) is 22.6 Å². The maximum Gasteiger partial charge on any atom is 0.387 e. The number of carboxylic acids is 1. The Labute approximate surface area is 217 Å². The molecule has 0 spiro atoms. The molecule has 1 unspecified atom stereocenters. The van der Waals surface area contributed by atoms with Crippen LogP contribution in [0.3, 0.4) is 0 Å². The first-order valence-corrected chi connectivity index (χ1v) is 11.8. The van der Waals surface area contributed by atoms with Crippen LogP contribution < -0.4 is 15.0 Å². The molecule has 3 aromatic rings. The van der Waals surface area contributed by atoms with Gasteiger partial charge in [-0.1, -0.05) is 37.6 Å². The van der Waals surface area contributed by atoms with Gasteiger partial charge in [-0.3, -0.25) is 9.59 Å². The Morgan fingerprint density at radius 2 is 1.68 bits per heavy atom. The number of carbonyl (C=O) groups is 2. The van der Waals surface area contributed by atoms with Gasteiger partial charge in [-0.2, -0.15) is 8.78 Å². The molecule has 2 aromatic carbocycles. The molecule has 0 aliphatic carbocycles. The molecule has 0 bridgehead atoms. The number of halogens is 3. The number of benzene rings is 2. The molecule has 37 heavy (non-hydrogen) atoms. The Bertz CT molecular complexity index is 1340. The Morgan fingerprint density at radius 1 is 1.03 bits per heavy atom. The first-order chi connectivity index (χ1) is 17.5. The Morgan fingerprint density at radius 3 is 2.24 bits per heavy atom. The third kappa shape index (κ3) is 6.95. The second-order valence-corrected chi connectivity index (χ2v) is 9.25. The van der Waals surface area contributed by atoms with Gasteiger partial charge in [-0.15, -0.1) is 0 Å². The summed E-state index contributed by atoms with van der Waals surface area (Å²) in [6, 6.07) is 10.3. The number of Topliss-reactive ketones (excluding diaryl/α,β-unsaturated/α-hetero) is 1. The van der Waals surface area contributed by atoms with Gasteiger partial charge in [0, 0.05) is 28.6 Å². The summed E-state index contributed by atoms with van der Waals surface area (Å²) in [5.41, 5.74) is 0.482. The van der Waals surface area contributed by atoms with E-state index in [0.717, 1.165) is 0 Å². The molecule has 3 rings (SSSR count). The average Bonchev–Trinajstić information content (AvgIpc) is 2.83. The van der Waals surface area contributed by atoms with Crippen molar-refractivity contribution < 1.29 is 33.0 Å². The fourth-order valence-electron chi connectivity index (χ4n) is 3.99. The van der Waals surface area contributed by atoms with Gasteiger partial charge in [0.1, 0.15) is 11.5 Å². The molecule has 1 aromatic heterocycles. The molecule has 0 saturated heterocycles. The lowest BCUT2D eigenvalue weighted by atomic mass is 9.95. The number of pyridine rings is 1. The predicted molar refractivity (Wildman–Crippen MR) is 135 cm³/mol. The van der Waals surface area contributed by atoms with Gasteiger partial charge in [0.15, 0.2) is 5.78 Å². The van der Waals surface area contributed by atoms with Gasteiger partial charge in [0.2, 0.25) is 0 Å². The summed E-state index contributed by atoms with van der Waals surface area (Å²) in [5, 5.41) is 9.32. The van der Waals surface area contributed by atoms with Crippen LogP contribution in [-0.2, 0) is 11.2 Å². The first-order valence-electron chi connectivity index (χ1n) is 11.4. The number of aromatic nitrogens is 1. The summed E-state index contributed by atoms with van der Waals surface area (Å²) in [5.74, 6) is -1.29. The Kier molecular flexibility index (Phi) is 9.04. The van der Waals surface area contributed by atoms with Crippen LogP contribution in [0.25, 0.3) is 11.1 Å². The van der Waals surface area contributed by atoms with Gasteiger partial charge in [0.05, 0.1) is 24.9 Å². The van der Waals surface area contributed by atoms with E-state index in [2.05, 4.69) is 4.74 Å². The quantitative estimate of drug-likeness (QED) is 0.331. The smallest absolute Gasteiger partial charge is 0.387 e. The average molecular weight is 534 g/mol. The summed E-state index contributed by atoms with van der Waals surface area (Å²) < 4.78 is 37.3. The van der Waals surface area contributed by atoms with Gasteiger partial charge in [-0.05, 0) is 48.2 Å². The summed E-state index contributed by atoms with van der Waals surface area (Å²) in [7, 11) is 1.36. The lowest BCUT2D eigenvalue weighted by molar-refractivity contribution is -0.122. The molecular formula is C27H26ClF2NO6. The summed E-state index contributed by atoms with van der Waals surface area (Å²) >= 11 is 6.08. The molecule has 0 aliphatic rings. The van der Waals surface area contributed by atoms with Gasteiger partial charge >= 0.3 is 12.6 Å². The van der Waals surface area contributed by atoms with E-state index in [9.17, 15) is 23.2 Å². The van der Waals surface area contributed by atoms with Crippen LogP contribution in [0, 0.1) is 5.92 Å². The minimum atomic E-state index is -3.09. The molecule has 7 nitrogen and oxygen atoms in total. The van der Waals surface area contributed by atoms with Crippen molar-refractivity contribution in [2.24, 2.45) is 5.92 Å². The number of carboxylic acid groups (broad SMARTS) is 1. The largest absolute Gasteiger partial charge is 0.495 e. The van der Waals surface area contributed by atoms with Gasteiger partial charge < -0.3 is 19.1 Å². The summed E-state index contributed by atoms with van der Waals surface area (Å²) in [6.45, 7) is 0.737. The predicted octanol–water partition coefficient (Wildman–Crippen LogP) is 5.88. The second kappa shape index (κ2) is 12.0. The molecule has 10 heteroatoms. The highest BCUT2D eigenvalue weighted by molar-refractivity contribution is 6.31. The van der Waals surface area contributed by atoms with Crippen LogP contribution in [0.5, 0.6) is 11.5 Å². The van der Waals surface area contributed by atoms with Crippen molar-refractivity contribution in [3.63, 3.8) is 0 Å². The lowest BCUT2D eigenvalue weighted by Gasteiger charge is -2.23. The monoisotopic (exact) mass is 533 g/mol. The van der Waals surface area contributed by atoms with E-state index in [1.54, 1.807) is 12.1 Å². The number of hydrogen-bond acceptors (Lipinski definition) is 5. The van der Waals surface area contributed by atoms with E-state index in [4.69, 9.17) is 21.4 Å². The van der Waals surface area contributed by atoms with Crippen molar-refractivity contribution in [1.29, 1.82) is 0 Å². The van der Waals surface area contributed by atoms with Crippen molar-refractivity contribution in [2.45, 2.75) is 39.3 Å². The zero-order valence-electron chi connectivity index (χ0n) is 20.4. The summed E-state index contributed by atoms with van der Waals surface area (Å²) in [4.78, 5) is 37.7. The molecule has 0 fully saturated rings. The van der Waals surface area contributed by atoms with Crippen LogP contribution in [0.4, 0.5) is 8.78 Å². The topological polar surface area (TPSA) is 94.8 Å². The number of methoxy groups -OCH3 is 1. The van der Waals surface area contributed by atoms with Crippen LogP contribution in [0.2, 0.25) is 5.02 Å². The van der Waals surface area contributed by atoms with Crippen LogP contribution in [0.15, 0.2) is 59.5 Å². The van der Waals surface area contributed by atoms with E-state index < -0.39 is 24.2 Å². The van der Waals surface area contributed by atoms with Gasteiger partial charge in [-0.25, -0.2) is 4.79 Å². The van der Waals surface area contributed by atoms with Crippen molar-refractivity contribution in [3.05, 3.63) is 81.2 Å². The summed E-state index contributed by atoms with van der Waals surface area (Å²) in [6.07, 6.45) is 1.71. The number of hydrogen-bond donors (Lipinski definition) is 1. The van der Waals surface area contributed by atoms with Crippen molar-refractivity contribution in [1.82, 2.24) is 4.57 Å². The van der Waals surface area contributed by atoms with E-state index in [-0.39, 0.29) is 51.3 Å². The highest BCUT2D eigenvalue weighted by Gasteiger charge is 2.25. The highest BCUT2D eigenvalue weighted by atomic mass is 35.5. The standard InChI is InChI=1S/C27H26ClF2NO6/c1-15(2)10-21(22(32)11-16-4-6-17(7-5-16)26(34)35)31-14-24(36-3)20(13-25(31)33)19-12-18(28)8-9-23(19)37-27(29)30/h4-9,12-15,21,27H,10-11H2,1-3H3,(H,34,35). The molecule has 0 aliphatic heterocycles. The van der Waals surface area contributed by atoms with Crippen LogP contribution >= 0.6 is 11.6 Å². The van der Waals surface area contributed by atoms with E-state index in [0.29, 0.717) is 12.0 Å². The minimum Gasteiger partial charge on any atom is -0.495 e. The minimum absolute atomic E-state index is 0.0194. The molecule has 0 radical (unpaired) electrons. The maximum absolute atomic E-state index is 13.4. The van der Waals surface area contributed by atoms with E-state index in [1.807, 2.05) is 13.8 Å². The highest BCUT2D eigenvalue weighted by Crippen LogP contribution is 2.38. The third-order valence-electron chi connectivity index (χ3n) is 5.69. The lowest BCUT2D eigenvalue weighted by Crippen LogP contribution is -2.31. The normalized spacial score (nSPS) is 12.0. The zero-order chi connectivity index (χ0) is 27.3. The first kappa shape index (κ1) is 27.9. The fourth-order valence-corrected chi connectivity index (χ4v) is 4.16. The third-order valence-corrected chi connectivity index (χ3v) is 5.93. The molecule has 1 N–H and O–H groups in total. The molecule has 1 heterocycles. The molecular weight excluding hydrogens is 508 g/mol. The SMILES string of the molecule is COc1cn(C(CC(C)C)C(=O)Cc2ccc(C(=O)O)cc2)c(=O)cc1-c1cc(Cl)ccc1OC(F)F. The van der Waals surface area contributed by atoms with Crippen molar-refractivity contribution in [2.75, 3.05) is 7.11 Å². The second-order valence-electron chi connectivity index (χ2n) is 8.81. The Hall–Kier alpha value is -3.72. The molecule has 0 saturated carbocycles. The van der Waals surface area contributed by atoms with Crippen LogP contribution in [0.1, 0.15) is 42.2 Å². The van der Waals surface area contributed by atoms with E-state index >= 15 is 0 Å². The molecule has 1 atom stereocenters. The number of aromatic carboxylic acids is 1. The zero-order valence-corrected chi connectivity index (χ0v) is 21.2. The van der Waals surface area contributed by atoms with E-state index in [1.165, 1.54) is 54.3 Å².